The number of ether oxygens (including phenoxy) is 3. The Bertz CT molecular complexity index is 522. The van der Waals surface area contributed by atoms with E-state index in [4.69, 9.17) is 14.2 Å². The summed E-state index contributed by atoms with van der Waals surface area (Å²) in [6.07, 6.45) is 1.59. The second kappa shape index (κ2) is 5.99. The number of methoxy groups -OCH3 is 2. The Balaban J connectivity index is 1.81. The van der Waals surface area contributed by atoms with Gasteiger partial charge in [0.15, 0.2) is 5.78 Å². The first-order valence-corrected chi connectivity index (χ1v) is 7.18. The van der Waals surface area contributed by atoms with Crippen molar-refractivity contribution >= 4 is 5.78 Å². The summed E-state index contributed by atoms with van der Waals surface area (Å²) < 4.78 is 15.8. The molecular weight excluding hydrogens is 272 g/mol. The summed E-state index contributed by atoms with van der Waals surface area (Å²) in [5, 5.41) is 3.49. The minimum absolute atomic E-state index is 0.00533. The average Bonchev–Trinajstić information content (AvgIpc) is 2.53. The summed E-state index contributed by atoms with van der Waals surface area (Å²) in [6.45, 7) is 1.36. The molecule has 2 atom stereocenters. The number of rotatable bonds is 4. The standard InChI is InChI=1S/C15H20N2O4/c1-19-13-4-3-12(15(17-13)20-2)14(18)9-5-10-7-21-8-11(6-9)16-10/h3-4,9-11,16H,5-8H2,1-2H3. The van der Waals surface area contributed by atoms with Gasteiger partial charge in [-0.25, -0.2) is 0 Å². The molecule has 3 rings (SSSR count). The van der Waals surface area contributed by atoms with Crippen molar-refractivity contribution in [3.63, 3.8) is 0 Å². The lowest BCUT2D eigenvalue weighted by molar-refractivity contribution is 0.00947. The van der Waals surface area contributed by atoms with E-state index < -0.39 is 0 Å². The third-order valence-corrected chi connectivity index (χ3v) is 4.12. The molecule has 1 N–H and O–H groups in total. The molecular formula is C15H20N2O4. The molecule has 6 nitrogen and oxygen atoms in total. The number of piperidine rings is 1. The van der Waals surface area contributed by atoms with Crippen LogP contribution in [-0.2, 0) is 4.74 Å². The van der Waals surface area contributed by atoms with E-state index in [0.29, 0.717) is 30.5 Å². The molecule has 0 saturated carbocycles. The number of morpholine rings is 1. The number of carbonyl (C=O) groups excluding carboxylic acids is 1. The number of hydrogen-bond donors (Lipinski definition) is 1. The fourth-order valence-electron chi connectivity index (χ4n) is 3.15. The fourth-order valence-corrected chi connectivity index (χ4v) is 3.15. The first-order valence-electron chi connectivity index (χ1n) is 7.18. The van der Waals surface area contributed by atoms with Crippen LogP contribution in [0.15, 0.2) is 12.1 Å². The quantitative estimate of drug-likeness (QED) is 0.837. The van der Waals surface area contributed by atoms with Gasteiger partial charge in [-0.2, -0.15) is 4.98 Å². The average molecular weight is 292 g/mol. The second-order valence-electron chi connectivity index (χ2n) is 5.54. The van der Waals surface area contributed by atoms with Gasteiger partial charge in [-0.15, -0.1) is 0 Å². The van der Waals surface area contributed by atoms with Crippen molar-refractivity contribution in [2.24, 2.45) is 5.92 Å². The zero-order valence-electron chi connectivity index (χ0n) is 12.3. The summed E-state index contributed by atoms with van der Waals surface area (Å²) in [7, 11) is 3.06. The smallest absolute Gasteiger partial charge is 0.227 e. The maximum atomic E-state index is 12.8. The number of nitrogens with one attached hydrogen (secondary N) is 1. The lowest BCUT2D eigenvalue weighted by Crippen LogP contribution is -2.55. The topological polar surface area (TPSA) is 69.7 Å². The summed E-state index contributed by atoms with van der Waals surface area (Å²) >= 11 is 0. The SMILES string of the molecule is COc1ccc(C(=O)C2CC3COCC(C2)N3)c(OC)n1. The van der Waals surface area contributed by atoms with Crippen LogP contribution in [0.3, 0.4) is 0 Å². The number of Topliss-reactive ketones (excluding diaryl/α,β-unsaturated/α-hetero) is 1. The van der Waals surface area contributed by atoms with E-state index in [-0.39, 0.29) is 23.8 Å². The summed E-state index contributed by atoms with van der Waals surface area (Å²) in [6, 6.07) is 3.97. The highest BCUT2D eigenvalue weighted by atomic mass is 16.5. The number of ketones is 1. The second-order valence-corrected chi connectivity index (χ2v) is 5.54. The maximum Gasteiger partial charge on any atom is 0.227 e. The molecule has 6 heteroatoms. The Labute approximate surface area is 123 Å². The van der Waals surface area contributed by atoms with Gasteiger partial charge in [0.25, 0.3) is 0 Å². The first kappa shape index (κ1) is 14.3. The van der Waals surface area contributed by atoms with E-state index in [9.17, 15) is 4.79 Å². The third-order valence-electron chi connectivity index (χ3n) is 4.12. The van der Waals surface area contributed by atoms with Gasteiger partial charge in [-0.05, 0) is 18.9 Å². The zero-order chi connectivity index (χ0) is 14.8. The minimum Gasteiger partial charge on any atom is -0.481 e. The van der Waals surface area contributed by atoms with E-state index in [2.05, 4.69) is 10.3 Å². The van der Waals surface area contributed by atoms with E-state index >= 15 is 0 Å². The minimum atomic E-state index is -0.00533. The highest BCUT2D eigenvalue weighted by Crippen LogP contribution is 2.30. The third kappa shape index (κ3) is 2.87. The number of carbonyl (C=O) groups is 1. The fraction of sp³-hybridized carbons (Fsp3) is 0.600. The van der Waals surface area contributed by atoms with E-state index in [1.165, 1.54) is 14.2 Å². The molecule has 0 spiro atoms. The van der Waals surface area contributed by atoms with Gasteiger partial charge in [-0.3, -0.25) is 4.79 Å². The summed E-state index contributed by atoms with van der Waals surface area (Å²) in [4.78, 5) is 17.0. The van der Waals surface area contributed by atoms with Crippen LogP contribution >= 0.6 is 0 Å². The zero-order valence-corrected chi connectivity index (χ0v) is 12.3. The van der Waals surface area contributed by atoms with E-state index in [0.717, 1.165) is 12.8 Å². The van der Waals surface area contributed by atoms with E-state index in [1.54, 1.807) is 12.1 Å². The lowest BCUT2D eigenvalue weighted by atomic mass is 9.82. The van der Waals surface area contributed by atoms with Crippen molar-refractivity contribution in [3.05, 3.63) is 17.7 Å². The number of nitrogens with zero attached hydrogens (tertiary/aromatic N) is 1. The van der Waals surface area contributed by atoms with Gasteiger partial charge < -0.3 is 19.5 Å². The van der Waals surface area contributed by atoms with Crippen molar-refractivity contribution in [1.82, 2.24) is 10.3 Å². The van der Waals surface area contributed by atoms with Gasteiger partial charge >= 0.3 is 0 Å². The molecule has 0 aromatic carbocycles. The summed E-state index contributed by atoms with van der Waals surface area (Å²) in [5.74, 6) is 0.868. The van der Waals surface area contributed by atoms with Crippen LogP contribution < -0.4 is 14.8 Å². The van der Waals surface area contributed by atoms with E-state index in [1.807, 2.05) is 0 Å². The van der Waals surface area contributed by atoms with Crippen molar-refractivity contribution in [1.29, 1.82) is 0 Å². The number of hydrogen-bond acceptors (Lipinski definition) is 6. The van der Waals surface area contributed by atoms with Gasteiger partial charge in [-0.1, -0.05) is 0 Å². The van der Waals surface area contributed by atoms with Gasteiger partial charge in [0, 0.05) is 24.1 Å². The van der Waals surface area contributed by atoms with Crippen molar-refractivity contribution in [2.45, 2.75) is 24.9 Å². The molecule has 21 heavy (non-hydrogen) atoms. The molecule has 2 fully saturated rings. The molecule has 0 radical (unpaired) electrons. The molecule has 3 heterocycles. The monoisotopic (exact) mass is 292 g/mol. The molecule has 2 unspecified atom stereocenters. The Kier molecular flexibility index (Phi) is 4.07. The van der Waals surface area contributed by atoms with Crippen molar-refractivity contribution < 1.29 is 19.0 Å². The normalized spacial score (nSPS) is 28.0. The van der Waals surface area contributed by atoms with Crippen molar-refractivity contribution in [3.8, 4) is 11.8 Å². The highest BCUT2D eigenvalue weighted by Gasteiger charge is 2.36. The van der Waals surface area contributed by atoms with Crippen LogP contribution in [0.25, 0.3) is 0 Å². The Hall–Kier alpha value is -1.66. The highest BCUT2D eigenvalue weighted by molar-refractivity contribution is 6.00. The number of aromatic nitrogens is 1. The molecule has 0 aliphatic carbocycles. The number of fused-ring (bicyclic) bond motifs is 2. The van der Waals surface area contributed by atoms with Crippen LogP contribution in [0.5, 0.6) is 11.8 Å². The molecule has 2 bridgehead atoms. The predicted molar refractivity (Wildman–Crippen MR) is 75.9 cm³/mol. The van der Waals surface area contributed by atoms with Gasteiger partial charge in [0.1, 0.15) is 0 Å². The molecule has 114 valence electrons. The predicted octanol–water partition coefficient (Wildman–Crippen LogP) is 1.05. The largest absolute Gasteiger partial charge is 0.481 e. The summed E-state index contributed by atoms with van der Waals surface area (Å²) in [5.41, 5.74) is 0.532. The molecule has 2 aliphatic heterocycles. The van der Waals surface area contributed by atoms with Crippen LogP contribution in [0, 0.1) is 5.92 Å². The lowest BCUT2D eigenvalue weighted by Gasteiger charge is -2.39. The Morgan fingerprint density at radius 1 is 1.24 bits per heavy atom. The number of pyridine rings is 1. The van der Waals surface area contributed by atoms with Crippen molar-refractivity contribution in [2.75, 3.05) is 27.4 Å². The maximum absolute atomic E-state index is 12.8. The van der Waals surface area contributed by atoms with Crippen LogP contribution in [0.2, 0.25) is 0 Å². The Morgan fingerprint density at radius 2 is 1.95 bits per heavy atom. The van der Waals surface area contributed by atoms with Gasteiger partial charge in [0.05, 0.1) is 33.0 Å². The molecule has 1 aromatic heterocycles. The Morgan fingerprint density at radius 3 is 2.57 bits per heavy atom. The van der Waals surface area contributed by atoms with Gasteiger partial charge in [0.2, 0.25) is 11.8 Å². The first-order chi connectivity index (χ1) is 10.2. The van der Waals surface area contributed by atoms with Crippen LogP contribution in [-0.4, -0.2) is 50.3 Å². The van der Waals surface area contributed by atoms with Crippen LogP contribution in [0.1, 0.15) is 23.2 Å². The molecule has 2 saturated heterocycles. The molecule has 0 amide bonds. The van der Waals surface area contributed by atoms with Crippen LogP contribution in [0.4, 0.5) is 0 Å². The molecule has 1 aromatic rings. The molecule has 2 aliphatic rings.